The number of nitrogens with one attached hydrogen (secondary N) is 3. The average Bonchev–Trinajstić information content (AvgIpc) is 2.50. The summed E-state index contributed by atoms with van der Waals surface area (Å²) in [6, 6.07) is 2.10. The Kier molecular flexibility index (Phi) is 3.72. The molecule has 1 aromatic heterocycles. The number of aromatic amines is 1. The van der Waals surface area contributed by atoms with Crippen LogP contribution in [0.3, 0.4) is 0 Å². The Hall–Kier alpha value is -0.800. The summed E-state index contributed by atoms with van der Waals surface area (Å²) in [4.78, 5) is 3.03. The van der Waals surface area contributed by atoms with Gasteiger partial charge >= 0.3 is 0 Å². The van der Waals surface area contributed by atoms with Crippen molar-refractivity contribution in [1.29, 1.82) is 0 Å². The number of hydrogen-bond donors (Lipinski definition) is 3. The highest BCUT2D eigenvalue weighted by atomic mass is 15.0. The lowest BCUT2D eigenvalue weighted by Gasteiger charge is -2.00. The third kappa shape index (κ3) is 3.20. The quantitative estimate of drug-likeness (QED) is 0.421. The van der Waals surface area contributed by atoms with E-state index in [0.29, 0.717) is 0 Å². The minimum absolute atomic E-state index is 0.879. The first-order chi connectivity index (χ1) is 5.43. The highest BCUT2D eigenvalue weighted by molar-refractivity contribution is 5.08. The molecule has 0 aliphatic rings. The highest BCUT2D eigenvalue weighted by Gasteiger charge is 1.90. The second-order valence-electron chi connectivity index (χ2n) is 2.50. The van der Waals surface area contributed by atoms with E-state index in [9.17, 15) is 0 Å². The maximum absolute atomic E-state index is 3.25. The molecule has 0 spiro atoms. The maximum atomic E-state index is 3.25. The fourth-order valence-electron chi connectivity index (χ4n) is 0.960. The van der Waals surface area contributed by atoms with Gasteiger partial charge in [0.05, 0.1) is 0 Å². The van der Waals surface area contributed by atoms with Gasteiger partial charge in [-0.1, -0.05) is 0 Å². The zero-order valence-electron chi connectivity index (χ0n) is 6.85. The van der Waals surface area contributed by atoms with E-state index in [1.165, 1.54) is 5.56 Å². The molecular weight excluding hydrogens is 138 g/mol. The van der Waals surface area contributed by atoms with E-state index in [1.807, 2.05) is 19.4 Å². The Morgan fingerprint density at radius 2 is 2.45 bits per heavy atom. The predicted octanol–water partition coefficient (Wildman–Crippen LogP) is 0.324. The summed E-state index contributed by atoms with van der Waals surface area (Å²) in [5, 5.41) is 6.28. The first kappa shape index (κ1) is 8.30. The fourth-order valence-corrected chi connectivity index (χ4v) is 0.960. The molecule has 0 unspecified atom stereocenters. The van der Waals surface area contributed by atoms with Crippen LogP contribution in [-0.2, 0) is 6.42 Å². The maximum Gasteiger partial charge on any atom is 0.0451 e. The predicted molar refractivity (Wildman–Crippen MR) is 46.4 cm³/mol. The number of hydrogen-bond acceptors (Lipinski definition) is 2. The van der Waals surface area contributed by atoms with E-state index in [0.717, 1.165) is 19.6 Å². The minimum atomic E-state index is 0.879. The molecule has 0 saturated heterocycles. The molecule has 1 heterocycles. The molecule has 0 aromatic carbocycles. The van der Waals surface area contributed by atoms with Crippen molar-refractivity contribution >= 4 is 0 Å². The van der Waals surface area contributed by atoms with Gasteiger partial charge in [0.15, 0.2) is 0 Å². The summed E-state index contributed by atoms with van der Waals surface area (Å²) in [6.07, 6.45) is 5.07. The number of aromatic nitrogens is 1. The smallest absolute Gasteiger partial charge is 0.0451 e. The van der Waals surface area contributed by atoms with Gasteiger partial charge in [0.1, 0.15) is 0 Å². The van der Waals surface area contributed by atoms with Crippen LogP contribution in [0.15, 0.2) is 18.5 Å². The summed E-state index contributed by atoms with van der Waals surface area (Å²) in [5.41, 5.74) is 1.36. The van der Waals surface area contributed by atoms with Crippen LogP contribution >= 0.6 is 0 Å². The van der Waals surface area contributed by atoms with Crippen LogP contribution in [-0.4, -0.2) is 25.2 Å². The van der Waals surface area contributed by atoms with E-state index in [2.05, 4.69) is 21.7 Å². The van der Waals surface area contributed by atoms with Crippen LogP contribution in [0.25, 0.3) is 0 Å². The molecule has 3 nitrogen and oxygen atoms in total. The molecule has 11 heavy (non-hydrogen) atoms. The molecule has 3 heteroatoms. The van der Waals surface area contributed by atoms with Crippen LogP contribution in [0.2, 0.25) is 0 Å². The summed E-state index contributed by atoms with van der Waals surface area (Å²) >= 11 is 0. The van der Waals surface area contributed by atoms with Gasteiger partial charge < -0.3 is 15.6 Å². The van der Waals surface area contributed by atoms with E-state index in [1.54, 1.807) is 0 Å². The Morgan fingerprint density at radius 1 is 1.55 bits per heavy atom. The fraction of sp³-hybridized carbons (Fsp3) is 0.500. The summed E-state index contributed by atoms with van der Waals surface area (Å²) in [5.74, 6) is 0. The number of rotatable bonds is 5. The van der Waals surface area contributed by atoms with E-state index in [-0.39, 0.29) is 0 Å². The Bertz CT molecular complexity index is 169. The van der Waals surface area contributed by atoms with Crippen molar-refractivity contribution in [2.45, 2.75) is 6.42 Å². The van der Waals surface area contributed by atoms with Gasteiger partial charge in [-0.25, -0.2) is 0 Å². The minimum Gasteiger partial charge on any atom is -0.367 e. The van der Waals surface area contributed by atoms with Crippen molar-refractivity contribution in [2.24, 2.45) is 0 Å². The van der Waals surface area contributed by atoms with Gasteiger partial charge in [0.25, 0.3) is 0 Å². The van der Waals surface area contributed by atoms with Crippen molar-refractivity contribution in [3.63, 3.8) is 0 Å². The molecule has 0 fully saturated rings. The Morgan fingerprint density at radius 3 is 3.09 bits per heavy atom. The SMILES string of the molecule is CNCNCCc1cc[nH]c1. The first-order valence-electron chi connectivity index (χ1n) is 3.90. The van der Waals surface area contributed by atoms with Gasteiger partial charge in [-0.2, -0.15) is 0 Å². The van der Waals surface area contributed by atoms with E-state index in [4.69, 9.17) is 0 Å². The summed E-state index contributed by atoms with van der Waals surface area (Å²) in [6.45, 7) is 1.91. The highest BCUT2D eigenvalue weighted by Crippen LogP contribution is 1.95. The molecule has 0 saturated carbocycles. The molecule has 0 bridgehead atoms. The second-order valence-corrected chi connectivity index (χ2v) is 2.50. The number of H-pyrrole nitrogens is 1. The van der Waals surface area contributed by atoms with Crippen molar-refractivity contribution in [2.75, 3.05) is 20.3 Å². The van der Waals surface area contributed by atoms with Gasteiger partial charge in [0.2, 0.25) is 0 Å². The molecule has 3 N–H and O–H groups in total. The van der Waals surface area contributed by atoms with Gasteiger partial charge in [-0.15, -0.1) is 0 Å². The van der Waals surface area contributed by atoms with Gasteiger partial charge in [0, 0.05) is 25.6 Å². The lowest BCUT2D eigenvalue weighted by atomic mass is 10.2. The van der Waals surface area contributed by atoms with E-state index < -0.39 is 0 Å². The molecule has 1 rings (SSSR count). The van der Waals surface area contributed by atoms with Gasteiger partial charge in [-0.05, 0) is 25.1 Å². The molecule has 0 amide bonds. The third-order valence-corrected chi connectivity index (χ3v) is 1.55. The first-order valence-corrected chi connectivity index (χ1v) is 3.90. The molecule has 62 valence electrons. The average molecular weight is 153 g/mol. The van der Waals surface area contributed by atoms with Crippen molar-refractivity contribution in [1.82, 2.24) is 15.6 Å². The summed E-state index contributed by atoms with van der Waals surface area (Å²) in [7, 11) is 1.93. The lowest BCUT2D eigenvalue weighted by Crippen LogP contribution is -2.27. The monoisotopic (exact) mass is 153 g/mol. The van der Waals surface area contributed by atoms with Crippen molar-refractivity contribution in [3.8, 4) is 0 Å². The Balaban J connectivity index is 2.04. The van der Waals surface area contributed by atoms with Crippen molar-refractivity contribution in [3.05, 3.63) is 24.0 Å². The molecular formula is C8H15N3. The molecule has 1 aromatic rings. The van der Waals surface area contributed by atoms with Crippen LogP contribution in [0, 0.1) is 0 Å². The van der Waals surface area contributed by atoms with Crippen LogP contribution < -0.4 is 10.6 Å². The second kappa shape index (κ2) is 4.93. The molecule has 0 radical (unpaired) electrons. The van der Waals surface area contributed by atoms with E-state index >= 15 is 0 Å². The normalized spacial score (nSPS) is 10.3. The van der Waals surface area contributed by atoms with Crippen LogP contribution in [0.1, 0.15) is 5.56 Å². The molecule has 0 atom stereocenters. The summed E-state index contributed by atoms with van der Waals surface area (Å²) < 4.78 is 0. The molecule has 0 aliphatic heterocycles. The van der Waals surface area contributed by atoms with Gasteiger partial charge in [-0.3, -0.25) is 0 Å². The lowest BCUT2D eigenvalue weighted by molar-refractivity contribution is 0.631. The Labute approximate surface area is 67.2 Å². The van der Waals surface area contributed by atoms with Crippen molar-refractivity contribution < 1.29 is 0 Å². The van der Waals surface area contributed by atoms with Crippen LogP contribution in [0.5, 0.6) is 0 Å². The zero-order valence-corrected chi connectivity index (χ0v) is 6.85. The molecule has 0 aliphatic carbocycles. The topological polar surface area (TPSA) is 39.8 Å². The largest absolute Gasteiger partial charge is 0.367 e. The zero-order chi connectivity index (χ0) is 7.94. The standard InChI is InChI=1S/C8H15N3/c1-9-7-11-5-3-8-2-4-10-6-8/h2,4,6,9-11H,3,5,7H2,1H3. The third-order valence-electron chi connectivity index (χ3n) is 1.55. The van der Waals surface area contributed by atoms with Crippen LogP contribution in [0.4, 0.5) is 0 Å².